The number of piperidine rings is 1. The number of pyridine rings is 1. The molecule has 1 fully saturated rings. The molecule has 0 spiro atoms. The number of benzene rings is 1. The molecule has 1 aliphatic rings. The highest BCUT2D eigenvalue weighted by Crippen LogP contribution is 2.26. The van der Waals surface area contributed by atoms with Gasteiger partial charge in [-0.15, -0.1) is 0 Å². The van der Waals surface area contributed by atoms with Gasteiger partial charge in [0.1, 0.15) is 12.2 Å². The van der Waals surface area contributed by atoms with Crippen LogP contribution in [0.3, 0.4) is 0 Å². The number of nitrogens with zero attached hydrogens (tertiary/aromatic N) is 3. The summed E-state index contributed by atoms with van der Waals surface area (Å²) in [4.78, 5) is 29.4. The van der Waals surface area contributed by atoms with Crippen LogP contribution in [0.1, 0.15) is 18.4 Å². The number of hydrogen-bond donors (Lipinski definition) is 2. The maximum absolute atomic E-state index is 12.3. The molecule has 0 atom stereocenters. The fourth-order valence-corrected chi connectivity index (χ4v) is 3.91. The molecule has 2 aromatic heterocycles. The number of carbonyl (C=O) groups is 2. The number of halogens is 3. The summed E-state index contributed by atoms with van der Waals surface area (Å²) in [6, 6.07) is 9.39. The van der Waals surface area contributed by atoms with Crippen LogP contribution >= 0.6 is 0 Å². The number of aromatic nitrogens is 2. The van der Waals surface area contributed by atoms with Crippen LogP contribution in [0.4, 0.5) is 23.7 Å². The topological polar surface area (TPSA) is 88.0 Å². The third-order valence-electron chi connectivity index (χ3n) is 5.88. The second kappa shape index (κ2) is 10.3. The molecule has 3 aromatic rings. The molecule has 0 bridgehead atoms. The summed E-state index contributed by atoms with van der Waals surface area (Å²) in [5.41, 5.74) is 2.31. The van der Waals surface area contributed by atoms with Gasteiger partial charge in [-0.25, -0.2) is 9.78 Å². The molecule has 36 heavy (non-hydrogen) atoms. The van der Waals surface area contributed by atoms with Gasteiger partial charge in [-0.1, -0.05) is 18.1 Å². The van der Waals surface area contributed by atoms with E-state index in [-0.39, 0.29) is 0 Å². The third kappa shape index (κ3) is 6.14. The van der Waals surface area contributed by atoms with Gasteiger partial charge in [-0.2, -0.15) is 13.2 Å². The Kier molecular flexibility index (Phi) is 7.17. The molecule has 188 valence electrons. The highest BCUT2D eigenvalue weighted by atomic mass is 19.4. The Morgan fingerprint density at radius 3 is 2.75 bits per heavy atom. The fourth-order valence-electron chi connectivity index (χ4n) is 3.91. The first-order valence-corrected chi connectivity index (χ1v) is 11.2. The lowest BCUT2D eigenvalue weighted by molar-refractivity contribution is -0.141. The van der Waals surface area contributed by atoms with E-state index < -0.39 is 24.4 Å². The molecule has 0 saturated carbocycles. The number of carbonyl (C=O) groups excluding carboxylic acids is 2. The van der Waals surface area contributed by atoms with Crippen molar-refractivity contribution in [2.75, 3.05) is 32.0 Å². The van der Waals surface area contributed by atoms with E-state index >= 15 is 0 Å². The van der Waals surface area contributed by atoms with Crippen LogP contribution in [0, 0.1) is 11.8 Å². The molecule has 0 aliphatic carbocycles. The second-order valence-corrected chi connectivity index (χ2v) is 8.55. The summed E-state index contributed by atoms with van der Waals surface area (Å²) in [6.07, 6.45) is 0.227. The van der Waals surface area contributed by atoms with Crippen molar-refractivity contribution in [3.63, 3.8) is 0 Å². The van der Waals surface area contributed by atoms with E-state index in [0.717, 1.165) is 18.8 Å². The largest absolute Gasteiger partial charge is 0.448 e. The Morgan fingerprint density at radius 1 is 1.25 bits per heavy atom. The lowest BCUT2D eigenvalue weighted by Crippen LogP contribution is -2.43. The summed E-state index contributed by atoms with van der Waals surface area (Å²) in [5, 5.41) is 4.17. The third-order valence-corrected chi connectivity index (χ3v) is 5.88. The number of nitrogens with one attached hydrogen (secondary N) is 2. The van der Waals surface area contributed by atoms with E-state index in [0.29, 0.717) is 41.8 Å². The number of anilines is 1. The fraction of sp³-hybridized carbons (Fsp3) is 0.320. The number of likely N-dealkylation sites (tertiary alicyclic amines) is 1. The normalized spacial score (nSPS) is 15.6. The standard InChI is InChI=1S/C25H24F3N5O3/c1-32-11-8-24(9-12-32,36-17-34)7-5-18-6-10-33-21(15-29-22(33)13-18)19-3-2-4-20(14-19)31-23(35)30-16-25(26,27)28/h2-4,6,10,13-15,17H,8-9,11-12,16H2,1H3,(H2,30,31,35). The molecule has 0 radical (unpaired) electrons. The number of hydrogen-bond acceptors (Lipinski definition) is 5. The van der Waals surface area contributed by atoms with E-state index in [4.69, 9.17) is 4.74 Å². The molecular formula is C25H24F3N5O3. The Bertz CT molecular complexity index is 1320. The van der Waals surface area contributed by atoms with Gasteiger partial charge in [0.2, 0.25) is 0 Å². The molecule has 4 rings (SSSR count). The Labute approximate surface area is 205 Å². The second-order valence-electron chi connectivity index (χ2n) is 8.55. The molecule has 2 N–H and O–H groups in total. The predicted octanol–water partition coefficient (Wildman–Crippen LogP) is 3.67. The average molecular weight is 499 g/mol. The van der Waals surface area contributed by atoms with Crippen molar-refractivity contribution in [3.05, 3.63) is 54.4 Å². The van der Waals surface area contributed by atoms with Gasteiger partial charge in [0.15, 0.2) is 5.60 Å². The van der Waals surface area contributed by atoms with E-state index in [9.17, 15) is 22.8 Å². The highest BCUT2D eigenvalue weighted by molar-refractivity contribution is 5.90. The molecule has 1 aliphatic heterocycles. The maximum atomic E-state index is 12.3. The zero-order valence-corrected chi connectivity index (χ0v) is 19.4. The van der Waals surface area contributed by atoms with Crippen molar-refractivity contribution >= 4 is 23.8 Å². The molecular weight excluding hydrogens is 475 g/mol. The Balaban J connectivity index is 1.52. The van der Waals surface area contributed by atoms with E-state index in [2.05, 4.69) is 27.0 Å². The van der Waals surface area contributed by atoms with Crippen LogP contribution in [0.25, 0.3) is 16.9 Å². The van der Waals surface area contributed by atoms with Crippen molar-refractivity contribution in [1.29, 1.82) is 0 Å². The number of imidazole rings is 1. The first-order chi connectivity index (χ1) is 17.2. The minimum absolute atomic E-state index is 0.336. The number of amides is 2. The van der Waals surface area contributed by atoms with Gasteiger partial charge < -0.3 is 20.3 Å². The van der Waals surface area contributed by atoms with Gasteiger partial charge in [0.25, 0.3) is 6.47 Å². The van der Waals surface area contributed by atoms with Gasteiger partial charge >= 0.3 is 12.2 Å². The smallest absolute Gasteiger partial charge is 0.405 e. The summed E-state index contributed by atoms with van der Waals surface area (Å²) in [5.74, 6) is 6.25. The van der Waals surface area contributed by atoms with Gasteiger partial charge in [-0.3, -0.25) is 9.20 Å². The van der Waals surface area contributed by atoms with Crippen molar-refractivity contribution in [1.82, 2.24) is 19.6 Å². The van der Waals surface area contributed by atoms with Crippen LogP contribution in [-0.2, 0) is 9.53 Å². The zero-order chi connectivity index (χ0) is 25.8. The van der Waals surface area contributed by atoms with Crippen molar-refractivity contribution in [3.8, 4) is 23.1 Å². The van der Waals surface area contributed by atoms with E-state index in [1.165, 1.54) is 0 Å². The lowest BCUT2D eigenvalue weighted by atomic mass is 9.91. The summed E-state index contributed by atoms with van der Waals surface area (Å²) >= 11 is 0. The minimum atomic E-state index is -4.49. The van der Waals surface area contributed by atoms with E-state index in [1.54, 1.807) is 42.0 Å². The van der Waals surface area contributed by atoms with Crippen LogP contribution in [0.15, 0.2) is 48.8 Å². The molecule has 2 amide bonds. The van der Waals surface area contributed by atoms with Crippen molar-refractivity contribution < 1.29 is 27.5 Å². The van der Waals surface area contributed by atoms with Crippen molar-refractivity contribution in [2.45, 2.75) is 24.6 Å². The average Bonchev–Trinajstić information content (AvgIpc) is 3.27. The monoisotopic (exact) mass is 499 g/mol. The van der Waals surface area contributed by atoms with Crippen LogP contribution in [0.5, 0.6) is 0 Å². The molecule has 3 heterocycles. The summed E-state index contributed by atoms with van der Waals surface area (Å²) in [6.45, 7) is 0.593. The number of rotatable bonds is 5. The minimum Gasteiger partial charge on any atom is -0.448 e. The van der Waals surface area contributed by atoms with Crippen molar-refractivity contribution in [2.24, 2.45) is 0 Å². The van der Waals surface area contributed by atoms with Gasteiger partial charge in [0, 0.05) is 48.9 Å². The first kappa shape index (κ1) is 25.1. The van der Waals surface area contributed by atoms with Gasteiger partial charge in [-0.05, 0) is 37.2 Å². The first-order valence-electron chi connectivity index (χ1n) is 11.2. The number of ether oxygens (including phenoxy) is 1. The highest BCUT2D eigenvalue weighted by Gasteiger charge is 2.33. The SMILES string of the molecule is CN1CCC(C#Cc2ccn3c(-c4cccc(NC(=O)NCC(F)(F)F)c4)cnc3c2)(OC=O)CC1. The molecule has 1 aromatic carbocycles. The van der Waals surface area contributed by atoms with Crippen LogP contribution < -0.4 is 10.6 Å². The summed E-state index contributed by atoms with van der Waals surface area (Å²) in [7, 11) is 2.01. The molecule has 1 saturated heterocycles. The Hall–Kier alpha value is -4.04. The maximum Gasteiger partial charge on any atom is 0.405 e. The van der Waals surface area contributed by atoms with Crippen LogP contribution in [-0.4, -0.2) is 65.2 Å². The number of alkyl halides is 3. The predicted molar refractivity (Wildman–Crippen MR) is 127 cm³/mol. The zero-order valence-electron chi connectivity index (χ0n) is 19.4. The number of urea groups is 1. The van der Waals surface area contributed by atoms with Crippen LogP contribution in [0.2, 0.25) is 0 Å². The lowest BCUT2D eigenvalue weighted by Gasteiger charge is -2.35. The Morgan fingerprint density at radius 2 is 2.03 bits per heavy atom. The molecule has 8 nitrogen and oxygen atoms in total. The number of fused-ring (bicyclic) bond motifs is 1. The quantitative estimate of drug-likeness (QED) is 0.413. The molecule has 0 unspecified atom stereocenters. The summed E-state index contributed by atoms with van der Waals surface area (Å²) < 4.78 is 44.1. The van der Waals surface area contributed by atoms with Gasteiger partial charge in [0.05, 0.1) is 11.9 Å². The van der Waals surface area contributed by atoms with E-state index in [1.807, 2.05) is 23.6 Å². The molecule has 11 heteroatoms.